The van der Waals surface area contributed by atoms with Crippen LogP contribution in [0.25, 0.3) is 0 Å². The van der Waals surface area contributed by atoms with Gasteiger partial charge in [-0.2, -0.15) is 5.10 Å². The Morgan fingerprint density at radius 3 is 2.71 bits per heavy atom. The van der Waals surface area contributed by atoms with Crippen LogP contribution in [0.15, 0.2) is 5.03 Å². The van der Waals surface area contributed by atoms with Crippen molar-refractivity contribution in [3.05, 3.63) is 11.3 Å². The number of hydrogen-bond donors (Lipinski definition) is 3. The van der Waals surface area contributed by atoms with Crippen molar-refractivity contribution in [2.75, 3.05) is 26.3 Å². The molecule has 1 rings (SSSR count). The van der Waals surface area contributed by atoms with E-state index in [4.69, 9.17) is 4.74 Å². The van der Waals surface area contributed by atoms with Gasteiger partial charge in [0.25, 0.3) is 10.0 Å². The second-order valence-electron chi connectivity index (χ2n) is 4.78. The van der Waals surface area contributed by atoms with Crippen molar-refractivity contribution in [1.29, 1.82) is 0 Å². The van der Waals surface area contributed by atoms with E-state index in [2.05, 4.69) is 20.2 Å². The quantitative estimate of drug-likeness (QED) is 0.527. The number of H-pyrrole nitrogens is 1. The van der Waals surface area contributed by atoms with Crippen LogP contribution in [-0.4, -0.2) is 44.9 Å². The molecule has 0 aromatic carbocycles. The number of aromatic nitrogens is 2. The molecular formula is C13H26N4O3S. The van der Waals surface area contributed by atoms with Crippen LogP contribution in [0.4, 0.5) is 0 Å². The van der Waals surface area contributed by atoms with Crippen molar-refractivity contribution in [1.82, 2.24) is 20.2 Å². The molecule has 0 atom stereocenters. The SMILES string of the molecule is CCCOCCCNS(=O)(=O)c1n[nH]c(C)c1CNCC. The van der Waals surface area contributed by atoms with Gasteiger partial charge in [0.1, 0.15) is 0 Å². The van der Waals surface area contributed by atoms with Gasteiger partial charge in [-0.25, -0.2) is 13.1 Å². The summed E-state index contributed by atoms with van der Waals surface area (Å²) >= 11 is 0. The second-order valence-corrected chi connectivity index (χ2v) is 6.46. The van der Waals surface area contributed by atoms with Gasteiger partial charge < -0.3 is 10.1 Å². The maximum absolute atomic E-state index is 12.3. The molecule has 0 aliphatic carbocycles. The maximum atomic E-state index is 12.3. The molecule has 0 aliphatic rings. The number of rotatable bonds is 11. The Bertz CT molecular complexity index is 513. The fourth-order valence-electron chi connectivity index (χ4n) is 1.81. The highest BCUT2D eigenvalue weighted by Gasteiger charge is 2.22. The Morgan fingerprint density at radius 2 is 2.05 bits per heavy atom. The summed E-state index contributed by atoms with van der Waals surface area (Å²) in [6, 6.07) is 0. The maximum Gasteiger partial charge on any atom is 0.260 e. The highest BCUT2D eigenvalue weighted by atomic mass is 32.2. The van der Waals surface area contributed by atoms with Gasteiger partial charge in [-0.15, -0.1) is 0 Å². The predicted molar refractivity (Wildman–Crippen MR) is 81.6 cm³/mol. The molecule has 0 fully saturated rings. The van der Waals surface area contributed by atoms with Gasteiger partial charge in [-0.05, 0) is 26.3 Å². The van der Waals surface area contributed by atoms with Crippen LogP contribution in [-0.2, 0) is 21.3 Å². The van der Waals surface area contributed by atoms with Gasteiger partial charge >= 0.3 is 0 Å². The average Bonchev–Trinajstić information content (AvgIpc) is 2.82. The largest absolute Gasteiger partial charge is 0.381 e. The van der Waals surface area contributed by atoms with Crippen molar-refractivity contribution in [3.8, 4) is 0 Å². The van der Waals surface area contributed by atoms with E-state index in [9.17, 15) is 8.42 Å². The van der Waals surface area contributed by atoms with Crippen LogP contribution >= 0.6 is 0 Å². The summed E-state index contributed by atoms with van der Waals surface area (Å²) < 4.78 is 32.4. The van der Waals surface area contributed by atoms with Crippen LogP contribution in [0.1, 0.15) is 37.9 Å². The molecule has 0 aliphatic heterocycles. The van der Waals surface area contributed by atoms with Gasteiger partial charge in [0.15, 0.2) is 5.03 Å². The van der Waals surface area contributed by atoms with E-state index in [1.165, 1.54) is 0 Å². The molecule has 0 unspecified atom stereocenters. The van der Waals surface area contributed by atoms with Gasteiger partial charge in [-0.3, -0.25) is 5.10 Å². The Morgan fingerprint density at radius 1 is 1.29 bits per heavy atom. The van der Waals surface area contributed by atoms with E-state index in [0.717, 1.165) is 18.7 Å². The molecule has 0 bridgehead atoms. The van der Waals surface area contributed by atoms with Crippen LogP contribution < -0.4 is 10.0 Å². The second kappa shape index (κ2) is 9.14. The van der Waals surface area contributed by atoms with Gasteiger partial charge in [0.2, 0.25) is 0 Å². The molecule has 21 heavy (non-hydrogen) atoms. The van der Waals surface area contributed by atoms with E-state index >= 15 is 0 Å². The molecule has 3 N–H and O–H groups in total. The molecule has 0 spiro atoms. The van der Waals surface area contributed by atoms with E-state index in [1.807, 2.05) is 20.8 Å². The lowest BCUT2D eigenvalue weighted by molar-refractivity contribution is 0.133. The zero-order chi connectivity index (χ0) is 15.7. The molecule has 7 nitrogen and oxygen atoms in total. The number of sulfonamides is 1. The number of nitrogens with one attached hydrogen (secondary N) is 3. The van der Waals surface area contributed by atoms with Crippen molar-refractivity contribution in [2.45, 2.75) is 45.2 Å². The van der Waals surface area contributed by atoms with Crippen molar-refractivity contribution in [2.24, 2.45) is 0 Å². The lowest BCUT2D eigenvalue weighted by Gasteiger charge is -2.08. The molecule has 1 aromatic heterocycles. The monoisotopic (exact) mass is 318 g/mol. The predicted octanol–water partition coefficient (Wildman–Crippen LogP) is 0.923. The Balaban J connectivity index is 2.57. The fourth-order valence-corrected chi connectivity index (χ4v) is 3.07. The standard InChI is InChI=1S/C13H26N4O3S/c1-4-8-20-9-6-7-15-21(18,19)13-12(10-14-5-2)11(3)16-17-13/h14-15H,4-10H2,1-3H3,(H,16,17). The van der Waals surface area contributed by atoms with E-state index in [1.54, 1.807) is 0 Å². The Kier molecular flexibility index (Phi) is 7.87. The first kappa shape index (κ1) is 18.1. The Labute approximate surface area is 126 Å². The van der Waals surface area contributed by atoms with E-state index in [0.29, 0.717) is 38.3 Å². The first-order valence-corrected chi connectivity index (χ1v) is 8.83. The summed E-state index contributed by atoms with van der Waals surface area (Å²) in [5.74, 6) is 0. The summed E-state index contributed by atoms with van der Waals surface area (Å²) in [5.41, 5.74) is 1.45. The lowest BCUT2D eigenvalue weighted by Crippen LogP contribution is -2.27. The van der Waals surface area contributed by atoms with Gasteiger partial charge in [0.05, 0.1) is 0 Å². The first-order chi connectivity index (χ1) is 10.0. The van der Waals surface area contributed by atoms with Crippen LogP contribution in [0.5, 0.6) is 0 Å². The van der Waals surface area contributed by atoms with Crippen molar-refractivity contribution >= 4 is 10.0 Å². The third-order valence-corrected chi connectivity index (χ3v) is 4.38. The normalized spacial score (nSPS) is 12.0. The van der Waals surface area contributed by atoms with Crippen LogP contribution in [0.2, 0.25) is 0 Å². The summed E-state index contributed by atoms with van der Waals surface area (Å²) in [4.78, 5) is 0. The molecule has 1 aromatic rings. The Hall–Kier alpha value is -0.960. The van der Waals surface area contributed by atoms with Crippen molar-refractivity contribution < 1.29 is 13.2 Å². The highest BCUT2D eigenvalue weighted by molar-refractivity contribution is 7.89. The number of aryl methyl sites for hydroxylation is 1. The summed E-state index contributed by atoms with van der Waals surface area (Å²) in [7, 11) is -3.58. The number of ether oxygens (including phenoxy) is 1. The topological polar surface area (TPSA) is 96.1 Å². The lowest BCUT2D eigenvalue weighted by atomic mass is 10.2. The number of aromatic amines is 1. The highest BCUT2D eigenvalue weighted by Crippen LogP contribution is 2.15. The third kappa shape index (κ3) is 5.74. The molecule has 0 amide bonds. The summed E-state index contributed by atoms with van der Waals surface area (Å²) in [6.07, 6.45) is 1.61. The average molecular weight is 318 g/mol. The van der Waals surface area contributed by atoms with Crippen LogP contribution in [0, 0.1) is 6.92 Å². The minimum atomic E-state index is -3.58. The van der Waals surface area contributed by atoms with E-state index in [-0.39, 0.29) is 5.03 Å². The molecule has 1 heterocycles. The number of nitrogens with zero attached hydrogens (tertiary/aromatic N) is 1. The van der Waals surface area contributed by atoms with Crippen LogP contribution in [0.3, 0.4) is 0 Å². The van der Waals surface area contributed by atoms with E-state index < -0.39 is 10.0 Å². The van der Waals surface area contributed by atoms with Crippen molar-refractivity contribution in [3.63, 3.8) is 0 Å². The minimum absolute atomic E-state index is 0.0791. The van der Waals surface area contributed by atoms with Gasteiger partial charge in [-0.1, -0.05) is 13.8 Å². The first-order valence-electron chi connectivity index (χ1n) is 7.34. The fraction of sp³-hybridized carbons (Fsp3) is 0.769. The molecule has 0 radical (unpaired) electrons. The molecular weight excluding hydrogens is 292 g/mol. The smallest absolute Gasteiger partial charge is 0.260 e. The summed E-state index contributed by atoms with van der Waals surface area (Å²) in [5, 5.41) is 9.86. The van der Waals surface area contributed by atoms with Gasteiger partial charge in [0, 0.05) is 37.6 Å². The third-order valence-electron chi connectivity index (χ3n) is 2.95. The summed E-state index contributed by atoms with van der Waals surface area (Å²) in [6.45, 7) is 8.68. The molecule has 0 saturated carbocycles. The zero-order valence-electron chi connectivity index (χ0n) is 13.0. The zero-order valence-corrected chi connectivity index (χ0v) is 13.8. The molecule has 122 valence electrons. The molecule has 8 heteroatoms. The number of hydrogen-bond acceptors (Lipinski definition) is 5. The molecule has 0 saturated heterocycles. The minimum Gasteiger partial charge on any atom is -0.381 e.